The van der Waals surface area contributed by atoms with E-state index in [0.29, 0.717) is 12.2 Å². The van der Waals surface area contributed by atoms with Gasteiger partial charge < -0.3 is 15.0 Å². The molecule has 8 nitrogen and oxygen atoms in total. The number of carbonyl (C=O) groups is 1. The summed E-state index contributed by atoms with van der Waals surface area (Å²) in [7, 11) is 0. The van der Waals surface area contributed by atoms with Crippen molar-refractivity contribution in [2.75, 3.05) is 0 Å². The fourth-order valence-electron chi connectivity index (χ4n) is 3.07. The Balaban J connectivity index is 1.52. The van der Waals surface area contributed by atoms with Crippen LogP contribution in [0.1, 0.15) is 29.9 Å². The molecule has 0 aliphatic rings. The van der Waals surface area contributed by atoms with Gasteiger partial charge in [0.05, 0.1) is 18.0 Å². The summed E-state index contributed by atoms with van der Waals surface area (Å²) in [4.78, 5) is 28.0. The maximum absolute atomic E-state index is 12.6. The van der Waals surface area contributed by atoms with Gasteiger partial charge in [0.25, 0.3) is 11.5 Å². The number of amides is 1. The van der Waals surface area contributed by atoms with Crippen LogP contribution in [0.3, 0.4) is 0 Å². The molecule has 0 fully saturated rings. The number of aromatic nitrogens is 4. The quantitative estimate of drug-likeness (QED) is 0.516. The summed E-state index contributed by atoms with van der Waals surface area (Å²) in [5.41, 5.74) is 1.98. The van der Waals surface area contributed by atoms with Crippen molar-refractivity contribution in [1.29, 1.82) is 0 Å². The summed E-state index contributed by atoms with van der Waals surface area (Å²) in [6.07, 6.45) is 1.74. The zero-order valence-corrected chi connectivity index (χ0v) is 16.6. The van der Waals surface area contributed by atoms with Crippen LogP contribution in [0.2, 0.25) is 0 Å². The van der Waals surface area contributed by atoms with E-state index in [1.165, 1.54) is 4.52 Å². The molecule has 30 heavy (non-hydrogen) atoms. The summed E-state index contributed by atoms with van der Waals surface area (Å²) < 4.78 is 6.94. The van der Waals surface area contributed by atoms with Crippen LogP contribution in [-0.2, 0) is 6.54 Å². The number of nitrogens with zero attached hydrogens (tertiary/aromatic N) is 3. The first-order valence-corrected chi connectivity index (χ1v) is 9.59. The first kappa shape index (κ1) is 19.4. The van der Waals surface area contributed by atoms with E-state index in [1.54, 1.807) is 6.20 Å². The lowest BCUT2D eigenvalue weighted by atomic mass is 10.2. The molecule has 0 bridgehead atoms. The van der Waals surface area contributed by atoms with Gasteiger partial charge in [-0.05, 0) is 37.1 Å². The number of rotatable bonds is 6. The lowest BCUT2D eigenvalue weighted by Crippen LogP contribution is -2.25. The van der Waals surface area contributed by atoms with Gasteiger partial charge in [0.2, 0.25) is 0 Å². The van der Waals surface area contributed by atoms with Crippen molar-refractivity contribution < 1.29 is 9.53 Å². The molecule has 2 aromatic carbocycles. The molecule has 1 amide bonds. The van der Waals surface area contributed by atoms with Gasteiger partial charge in [0, 0.05) is 6.54 Å². The van der Waals surface area contributed by atoms with Crippen LogP contribution < -0.4 is 15.6 Å². The van der Waals surface area contributed by atoms with E-state index in [2.05, 4.69) is 20.6 Å². The number of benzene rings is 2. The Labute approximate surface area is 172 Å². The fraction of sp³-hybridized carbons (Fsp3) is 0.182. The number of nitrogens with one attached hydrogen (secondary N) is 2. The Morgan fingerprint density at radius 3 is 2.57 bits per heavy atom. The third-order valence-corrected chi connectivity index (χ3v) is 4.46. The Morgan fingerprint density at radius 2 is 1.87 bits per heavy atom. The second-order valence-electron chi connectivity index (χ2n) is 7.09. The van der Waals surface area contributed by atoms with Crippen molar-refractivity contribution in [3.05, 3.63) is 82.4 Å². The van der Waals surface area contributed by atoms with E-state index in [1.807, 2.05) is 68.4 Å². The van der Waals surface area contributed by atoms with Crippen LogP contribution in [-0.4, -0.2) is 31.8 Å². The van der Waals surface area contributed by atoms with E-state index in [4.69, 9.17) is 4.74 Å². The van der Waals surface area contributed by atoms with Crippen LogP contribution in [0.4, 0.5) is 0 Å². The van der Waals surface area contributed by atoms with Crippen molar-refractivity contribution >= 4 is 11.4 Å². The predicted molar refractivity (Wildman–Crippen MR) is 112 cm³/mol. The molecule has 4 aromatic rings. The van der Waals surface area contributed by atoms with Gasteiger partial charge in [-0.2, -0.15) is 0 Å². The van der Waals surface area contributed by atoms with Crippen LogP contribution in [0.15, 0.2) is 65.6 Å². The molecule has 0 saturated carbocycles. The molecule has 0 atom stereocenters. The van der Waals surface area contributed by atoms with Crippen LogP contribution in [0.25, 0.3) is 16.8 Å². The third kappa shape index (κ3) is 4.07. The lowest BCUT2D eigenvalue weighted by molar-refractivity contribution is 0.0947. The van der Waals surface area contributed by atoms with Crippen LogP contribution >= 0.6 is 0 Å². The van der Waals surface area contributed by atoms with Crippen molar-refractivity contribution in [3.63, 3.8) is 0 Å². The van der Waals surface area contributed by atoms with Crippen LogP contribution in [0.5, 0.6) is 5.75 Å². The molecular weight excluding hydrogens is 382 g/mol. The van der Waals surface area contributed by atoms with Gasteiger partial charge in [-0.1, -0.05) is 47.7 Å². The molecule has 4 rings (SSSR count). The second kappa shape index (κ2) is 8.20. The molecular formula is C22H21N5O3. The summed E-state index contributed by atoms with van der Waals surface area (Å²) >= 11 is 0. The standard InChI is InChI=1S/C22H21N5O3/c1-14(2)30-17-10-8-15(9-11-17)12-23-21(28)19-20-22(29)24-18(13-27(20)26-25-19)16-6-4-3-5-7-16/h3-11,13-14H,12H2,1-2H3,(H,23,28)(H,24,29). The normalized spacial score (nSPS) is 11.0. The topological polar surface area (TPSA) is 101 Å². The van der Waals surface area contributed by atoms with Gasteiger partial charge in [0.15, 0.2) is 11.2 Å². The van der Waals surface area contributed by atoms with E-state index in [0.717, 1.165) is 16.9 Å². The Hall–Kier alpha value is -3.94. The summed E-state index contributed by atoms with van der Waals surface area (Å²) in [6, 6.07) is 16.8. The number of aromatic amines is 1. The van der Waals surface area contributed by atoms with Gasteiger partial charge in [0.1, 0.15) is 5.75 Å². The van der Waals surface area contributed by atoms with E-state index in [9.17, 15) is 9.59 Å². The first-order chi connectivity index (χ1) is 14.5. The minimum Gasteiger partial charge on any atom is -0.491 e. The van der Waals surface area contributed by atoms with E-state index >= 15 is 0 Å². The van der Waals surface area contributed by atoms with Crippen LogP contribution in [0, 0.1) is 0 Å². The van der Waals surface area contributed by atoms with Crippen molar-refractivity contribution in [2.45, 2.75) is 26.5 Å². The second-order valence-corrected chi connectivity index (χ2v) is 7.09. The molecule has 0 saturated heterocycles. The summed E-state index contributed by atoms with van der Waals surface area (Å²) in [6.45, 7) is 4.21. The summed E-state index contributed by atoms with van der Waals surface area (Å²) in [5.74, 6) is 0.301. The smallest absolute Gasteiger partial charge is 0.276 e. The average Bonchev–Trinajstić information content (AvgIpc) is 3.18. The van der Waals surface area contributed by atoms with Gasteiger partial charge in [-0.3, -0.25) is 9.59 Å². The maximum Gasteiger partial charge on any atom is 0.276 e. The largest absolute Gasteiger partial charge is 0.491 e. The molecule has 0 radical (unpaired) electrons. The highest BCUT2D eigenvalue weighted by Crippen LogP contribution is 2.16. The zero-order valence-electron chi connectivity index (χ0n) is 16.6. The minimum atomic E-state index is -0.467. The molecule has 2 heterocycles. The molecule has 0 unspecified atom stereocenters. The number of ether oxygens (including phenoxy) is 1. The molecule has 0 aliphatic carbocycles. The maximum atomic E-state index is 12.6. The predicted octanol–water partition coefficient (Wildman–Crippen LogP) is 2.80. The van der Waals surface area contributed by atoms with Crippen molar-refractivity contribution in [2.24, 2.45) is 0 Å². The minimum absolute atomic E-state index is 0.0179. The van der Waals surface area contributed by atoms with Crippen molar-refractivity contribution in [3.8, 4) is 17.0 Å². The Morgan fingerprint density at radius 1 is 1.13 bits per heavy atom. The summed E-state index contributed by atoms with van der Waals surface area (Å²) in [5, 5.41) is 10.6. The highest BCUT2D eigenvalue weighted by molar-refractivity contribution is 5.98. The number of H-pyrrole nitrogens is 1. The van der Waals surface area contributed by atoms with Gasteiger partial charge in [-0.25, -0.2) is 4.52 Å². The fourth-order valence-corrected chi connectivity index (χ4v) is 3.07. The first-order valence-electron chi connectivity index (χ1n) is 9.59. The monoisotopic (exact) mass is 403 g/mol. The SMILES string of the molecule is CC(C)Oc1ccc(CNC(=O)c2nnn3cc(-c4ccccc4)[nH]c(=O)c23)cc1. The van der Waals surface area contributed by atoms with E-state index in [-0.39, 0.29) is 17.3 Å². The van der Waals surface area contributed by atoms with Gasteiger partial charge >= 0.3 is 0 Å². The number of hydrogen-bond acceptors (Lipinski definition) is 5. The lowest BCUT2D eigenvalue weighted by Gasteiger charge is -2.10. The highest BCUT2D eigenvalue weighted by atomic mass is 16.5. The number of fused-ring (bicyclic) bond motifs is 1. The van der Waals surface area contributed by atoms with E-state index < -0.39 is 11.5 Å². The highest BCUT2D eigenvalue weighted by Gasteiger charge is 2.18. The Kier molecular flexibility index (Phi) is 5.30. The van der Waals surface area contributed by atoms with Gasteiger partial charge in [-0.15, -0.1) is 5.10 Å². The molecule has 2 aromatic heterocycles. The molecule has 2 N–H and O–H groups in total. The molecule has 0 spiro atoms. The number of hydrogen-bond donors (Lipinski definition) is 2. The zero-order chi connectivity index (χ0) is 21.1. The third-order valence-electron chi connectivity index (χ3n) is 4.46. The average molecular weight is 403 g/mol. The van der Waals surface area contributed by atoms with Crippen molar-refractivity contribution in [1.82, 2.24) is 25.1 Å². The number of carbonyl (C=O) groups excluding carboxylic acids is 1. The Bertz CT molecular complexity index is 1230. The molecule has 152 valence electrons. The molecule has 0 aliphatic heterocycles. The molecule has 8 heteroatoms.